The molecule has 1 aromatic carbocycles. The first-order valence-corrected chi connectivity index (χ1v) is 9.35. The largest absolute Gasteiger partial charge is 0.370 e. The zero-order valence-corrected chi connectivity index (χ0v) is 15.3. The van der Waals surface area contributed by atoms with Gasteiger partial charge in [0.05, 0.1) is 12.9 Å². The second-order valence-corrected chi connectivity index (χ2v) is 6.45. The highest BCUT2D eigenvalue weighted by Crippen LogP contribution is 2.07. The van der Waals surface area contributed by atoms with Gasteiger partial charge in [-0.2, -0.15) is 0 Å². The molecule has 0 aliphatic rings. The van der Waals surface area contributed by atoms with Gasteiger partial charge >= 0.3 is 0 Å². The summed E-state index contributed by atoms with van der Waals surface area (Å²) < 4.78 is 2.05. The average molecular weight is 342 g/mol. The van der Waals surface area contributed by atoms with E-state index in [1.165, 1.54) is 43.2 Å². The van der Waals surface area contributed by atoms with Crippen LogP contribution in [-0.2, 0) is 13.1 Å². The van der Waals surface area contributed by atoms with Crippen LogP contribution in [0.4, 0.5) is 0 Å². The van der Waals surface area contributed by atoms with E-state index >= 15 is 0 Å². The average Bonchev–Trinajstić information content (AvgIpc) is 3.13. The fraction of sp³-hybridized carbons (Fsp3) is 0.500. The number of nitrogens with zero attached hydrogens (tertiary/aromatic N) is 3. The lowest BCUT2D eigenvalue weighted by Gasteiger charge is -2.06. The zero-order valence-electron chi connectivity index (χ0n) is 15.3. The number of aromatic nitrogens is 2. The van der Waals surface area contributed by atoms with E-state index in [1.54, 1.807) is 6.20 Å². The summed E-state index contributed by atoms with van der Waals surface area (Å²) in [6.45, 7) is 4.60. The molecular weight excluding hydrogens is 310 g/mol. The van der Waals surface area contributed by atoms with Crippen molar-refractivity contribution in [1.29, 1.82) is 0 Å². The van der Waals surface area contributed by atoms with Crippen molar-refractivity contribution in [3.63, 3.8) is 0 Å². The second kappa shape index (κ2) is 11.3. The molecule has 136 valence electrons. The molecule has 0 unspecified atom stereocenters. The number of nitrogens with one attached hydrogen (secondary N) is 1. The van der Waals surface area contributed by atoms with Crippen molar-refractivity contribution >= 4 is 5.96 Å². The van der Waals surface area contributed by atoms with E-state index in [4.69, 9.17) is 5.73 Å². The molecule has 0 atom stereocenters. The smallest absolute Gasteiger partial charge is 0.188 e. The van der Waals surface area contributed by atoms with Gasteiger partial charge in [-0.25, -0.2) is 9.98 Å². The van der Waals surface area contributed by atoms with E-state index in [0.29, 0.717) is 12.5 Å². The number of aliphatic imine (C=N–C) groups is 1. The number of benzene rings is 1. The van der Waals surface area contributed by atoms with Gasteiger partial charge in [0.2, 0.25) is 0 Å². The minimum absolute atomic E-state index is 0.538. The van der Waals surface area contributed by atoms with E-state index in [1.807, 2.05) is 12.5 Å². The summed E-state index contributed by atoms with van der Waals surface area (Å²) >= 11 is 0. The standard InChI is InChI=1S/C20H31N5/c1-2-3-4-5-6-7-12-23-20(21)24-15-18-8-10-19(11-9-18)16-25-14-13-22-17-25/h8-11,13-14,17H,2-7,12,15-16H2,1H3,(H3,21,23,24). The van der Waals surface area contributed by atoms with Crippen molar-refractivity contribution in [2.75, 3.05) is 6.54 Å². The molecule has 5 nitrogen and oxygen atoms in total. The summed E-state index contributed by atoms with van der Waals surface area (Å²) in [7, 11) is 0. The van der Waals surface area contributed by atoms with Crippen LogP contribution in [0.15, 0.2) is 48.0 Å². The number of hydrogen-bond donors (Lipinski definition) is 2. The van der Waals surface area contributed by atoms with Crippen LogP contribution in [-0.4, -0.2) is 22.1 Å². The lowest BCUT2D eigenvalue weighted by atomic mass is 10.1. The highest BCUT2D eigenvalue weighted by Gasteiger charge is 1.97. The minimum Gasteiger partial charge on any atom is -0.370 e. The first-order valence-electron chi connectivity index (χ1n) is 9.35. The van der Waals surface area contributed by atoms with Crippen molar-refractivity contribution in [2.24, 2.45) is 10.7 Å². The van der Waals surface area contributed by atoms with E-state index in [2.05, 4.69) is 51.0 Å². The maximum atomic E-state index is 5.93. The van der Waals surface area contributed by atoms with Crippen LogP contribution in [0.5, 0.6) is 0 Å². The normalized spacial score (nSPS) is 11.6. The highest BCUT2D eigenvalue weighted by atomic mass is 15.1. The monoisotopic (exact) mass is 341 g/mol. The molecule has 0 aliphatic carbocycles. The Labute approximate surface area is 151 Å². The topological polar surface area (TPSA) is 68.2 Å². The second-order valence-electron chi connectivity index (χ2n) is 6.45. The van der Waals surface area contributed by atoms with Crippen LogP contribution in [0.3, 0.4) is 0 Å². The molecule has 2 rings (SSSR count). The van der Waals surface area contributed by atoms with Gasteiger partial charge in [-0.1, -0.05) is 63.3 Å². The van der Waals surface area contributed by atoms with Crippen molar-refractivity contribution < 1.29 is 0 Å². The van der Waals surface area contributed by atoms with Crippen LogP contribution in [0.25, 0.3) is 0 Å². The molecule has 3 N–H and O–H groups in total. The van der Waals surface area contributed by atoms with Crippen molar-refractivity contribution in [1.82, 2.24) is 14.9 Å². The van der Waals surface area contributed by atoms with Gasteiger partial charge in [-0.05, 0) is 17.5 Å². The van der Waals surface area contributed by atoms with E-state index < -0.39 is 0 Å². The molecule has 0 fully saturated rings. The Kier molecular flexibility index (Phi) is 8.59. The maximum absolute atomic E-state index is 5.93. The quantitative estimate of drug-likeness (QED) is 0.372. The number of imidazole rings is 1. The van der Waals surface area contributed by atoms with Crippen LogP contribution in [0.1, 0.15) is 56.6 Å². The summed E-state index contributed by atoms with van der Waals surface area (Å²) in [5, 5.41) is 3.20. The number of guanidine groups is 1. The van der Waals surface area contributed by atoms with E-state index in [-0.39, 0.29) is 0 Å². The molecule has 2 aromatic rings. The molecule has 0 saturated carbocycles. The maximum Gasteiger partial charge on any atom is 0.188 e. The lowest BCUT2D eigenvalue weighted by Crippen LogP contribution is -2.32. The molecule has 0 spiro atoms. The van der Waals surface area contributed by atoms with Gasteiger partial charge in [0.15, 0.2) is 5.96 Å². The molecular formula is C20H31N5. The fourth-order valence-electron chi connectivity index (χ4n) is 2.70. The molecule has 5 heteroatoms. The molecule has 0 aliphatic heterocycles. The summed E-state index contributed by atoms with van der Waals surface area (Å²) in [6, 6.07) is 8.48. The van der Waals surface area contributed by atoms with Gasteiger partial charge in [-0.15, -0.1) is 0 Å². The molecule has 0 saturated heterocycles. The first-order chi connectivity index (χ1) is 12.3. The van der Waals surface area contributed by atoms with Gasteiger partial charge in [-0.3, -0.25) is 0 Å². The number of hydrogen-bond acceptors (Lipinski definition) is 2. The molecule has 1 aromatic heterocycles. The Morgan fingerprint density at radius 1 is 1.08 bits per heavy atom. The summed E-state index contributed by atoms with van der Waals surface area (Å²) in [6.07, 6.45) is 13.3. The Bertz CT molecular complexity index is 602. The van der Waals surface area contributed by atoms with Gasteiger partial charge in [0, 0.05) is 25.5 Å². The van der Waals surface area contributed by atoms with Gasteiger partial charge in [0.1, 0.15) is 0 Å². The van der Waals surface area contributed by atoms with Crippen LogP contribution < -0.4 is 11.1 Å². The predicted molar refractivity (Wildman–Crippen MR) is 104 cm³/mol. The Hall–Kier alpha value is -2.30. The van der Waals surface area contributed by atoms with Crippen molar-refractivity contribution in [2.45, 2.75) is 58.5 Å². The third-order valence-corrected chi connectivity index (χ3v) is 4.22. The fourth-order valence-corrected chi connectivity index (χ4v) is 2.70. The summed E-state index contributed by atoms with van der Waals surface area (Å²) in [4.78, 5) is 8.47. The molecule has 25 heavy (non-hydrogen) atoms. The Morgan fingerprint density at radius 2 is 1.80 bits per heavy atom. The van der Waals surface area contributed by atoms with Gasteiger partial charge < -0.3 is 15.6 Å². The summed E-state index contributed by atoms with van der Waals surface area (Å²) in [5.41, 5.74) is 8.35. The zero-order chi connectivity index (χ0) is 17.7. The van der Waals surface area contributed by atoms with Gasteiger partial charge in [0.25, 0.3) is 0 Å². The molecule has 0 bridgehead atoms. The van der Waals surface area contributed by atoms with Crippen molar-refractivity contribution in [3.05, 3.63) is 54.1 Å². The SMILES string of the molecule is CCCCCCCCNC(N)=NCc1ccc(Cn2ccnc2)cc1. The van der Waals surface area contributed by atoms with Crippen LogP contribution >= 0.6 is 0 Å². The number of unbranched alkanes of at least 4 members (excludes halogenated alkanes) is 5. The number of rotatable bonds is 11. The lowest BCUT2D eigenvalue weighted by molar-refractivity contribution is 0.601. The predicted octanol–water partition coefficient (Wildman–Crippen LogP) is 3.70. The molecule has 0 amide bonds. The first kappa shape index (κ1) is 19.0. The Morgan fingerprint density at radius 3 is 2.52 bits per heavy atom. The third-order valence-electron chi connectivity index (χ3n) is 4.22. The van der Waals surface area contributed by atoms with Crippen LogP contribution in [0, 0.1) is 0 Å². The van der Waals surface area contributed by atoms with Crippen LogP contribution in [0.2, 0.25) is 0 Å². The summed E-state index contributed by atoms with van der Waals surface area (Å²) in [5.74, 6) is 0.538. The Balaban J connectivity index is 1.64. The highest BCUT2D eigenvalue weighted by molar-refractivity contribution is 5.77. The number of nitrogens with two attached hydrogens (primary N) is 1. The molecule has 0 radical (unpaired) electrons. The third kappa shape index (κ3) is 7.88. The van der Waals surface area contributed by atoms with E-state index in [9.17, 15) is 0 Å². The van der Waals surface area contributed by atoms with E-state index in [0.717, 1.165) is 19.5 Å². The minimum atomic E-state index is 0.538. The molecule has 1 heterocycles. The van der Waals surface area contributed by atoms with Crippen molar-refractivity contribution in [3.8, 4) is 0 Å².